The molecular weight excluding hydrogens is 264 g/mol. The smallest absolute Gasteiger partial charge is 0.253 e. The number of hydrogen-bond donors (Lipinski definition) is 1. The van der Waals surface area contributed by atoms with Crippen molar-refractivity contribution in [2.45, 2.75) is 38.8 Å². The molecule has 1 fully saturated rings. The van der Waals surface area contributed by atoms with E-state index in [-0.39, 0.29) is 12.0 Å². The van der Waals surface area contributed by atoms with Gasteiger partial charge >= 0.3 is 0 Å². The van der Waals surface area contributed by atoms with Crippen LogP contribution in [0, 0.1) is 0 Å². The minimum atomic E-state index is -0.373. The van der Waals surface area contributed by atoms with Crippen molar-refractivity contribution >= 4 is 5.91 Å². The Balaban J connectivity index is 1.97. The first-order valence-electron chi connectivity index (χ1n) is 7.81. The fraction of sp³-hybridized carbons (Fsp3) is 0.588. The summed E-state index contributed by atoms with van der Waals surface area (Å²) in [6, 6.07) is 7.92. The van der Waals surface area contributed by atoms with Gasteiger partial charge in [0.1, 0.15) is 0 Å². The fourth-order valence-corrected chi connectivity index (χ4v) is 2.70. The first-order valence-corrected chi connectivity index (χ1v) is 7.81. The average molecular weight is 290 g/mol. The van der Waals surface area contributed by atoms with Crippen LogP contribution >= 0.6 is 0 Å². The molecule has 1 amide bonds. The van der Waals surface area contributed by atoms with E-state index in [0.717, 1.165) is 25.2 Å². The molecule has 0 bridgehead atoms. The summed E-state index contributed by atoms with van der Waals surface area (Å²) >= 11 is 0. The highest BCUT2D eigenvalue weighted by Gasteiger charge is 2.15. The van der Waals surface area contributed by atoms with Gasteiger partial charge in [0.2, 0.25) is 0 Å². The van der Waals surface area contributed by atoms with Crippen molar-refractivity contribution in [2.24, 2.45) is 0 Å². The number of rotatable bonds is 6. The molecule has 4 heteroatoms. The molecule has 1 unspecified atom stereocenters. The largest absolute Gasteiger partial charge is 0.393 e. The Morgan fingerprint density at radius 2 is 2.10 bits per heavy atom. The lowest BCUT2D eigenvalue weighted by molar-refractivity contribution is 0.0769. The lowest BCUT2D eigenvalue weighted by Gasteiger charge is -2.19. The zero-order valence-electron chi connectivity index (χ0n) is 13.1. The average Bonchev–Trinajstić information content (AvgIpc) is 2.97. The number of benzene rings is 1. The van der Waals surface area contributed by atoms with Crippen LogP contribution in [0.3, 0.4) is 0 Å². The van der Waals surface area contributed by atoms with Crippen molar-refractivity contribution < 1.29 is 9.90 Å². The minimum Gasteiger partial charge on any atom is -0.393 e. The molecule has 1 aromatic rings. The topological polar surface area (TPSA) is 43.8 Å². The van der Waals surface area contributed by atoms with Crippen LogP contribution in [0.4, 0.5) is 0 Å². The Hall–Kier alpha value is -1.39. The van der Waals surface area contributed by atoms with Crippen LogP contribution in [0.5, 0.6) is 0 Å². The monoisotopic (exact) mass is 290 g/mol. The molecule has 1 aliphatic heterocycles. The van der Waals surface area contributed by atoms with E-state index in [2.05, 4.69) is 11.0 Å². The van der Waals surface area contributed by atoms with Crippen molar-refractivity contribution in [1.82, 2.24) is 9.80 Å². The number of nitrogens with zero attached hydrogens (tertiary/aromatic N) is 2. The Labute approximate surface area is 127 Å². The van der Waals surface area contributed by atoms with E-state index in [1.54, 1.807) is 18.9 Å². The summed E-state index contributed by atoms with van der Waals surface area (Å²) in [5.41, 5.74) is 1.94. The predicted molar refractivity (Wildman–Crippen MR) is 84.2 cm³/mol. The van der Waals surface area contributed by atoms with Crippen molar-refractivity contribution in [3.05, 3.63) is 35.4 Å². The number of amides is 1. The molecule has 4 nitrogen and oxygen atoms in total. The van der Waals surface area contributed by atoms with Crippen molar-refractivity contribution in [2.75, 3.05) is 26.7 Å². The maximum absolute atomic E-state index is 12.4. The Kier molecular flexibility index (Phi) is 5.76. The van der Waals surface area contributed by atoms with Crippen LogP contribution in [0.15, 0.2) is 24.3 Å². The second kappa shape index (κ2) is 7.57. The third kappa shape index (κ3) is 4.83. The summed E-state index contributed by atoms with van der Waals surface area (Å²) in [7, 11) is 1.79. The maximum atomic E-state index is 12.4. The second-order valence-electron chi connectivity index (χ2n) is 6.05. The number of likely N-dealkylation sites (tertiary alicyclic amines) is 1. The van der Waals surface area contributed by atoms with E-state index >= 15 is 0 Å². The van der Waals surface area contributed by atoms with Gasteiger partial charge in [-0.2, -0.15) is 0 Å². The van der Waals surface area contributed by atoms with Gasteiger partial charge in [0.05, 0.1) is 6.10 Å². The summed E-state index contributed by atoms with van der Waals surface area (Å²) < 4.78 is 0. The van der Waals surface area contributed by atoms with Gasteiger partial charge in [0.15, 0.2) is 0 Å². The zero-order chi connectivity index (χ0) is 15.2. The van der Waals surface area contributed by atoms with Gasteiger partial charge < -0.3 is 10.0 Å². The molecule has 0 aliphatic carbocycles. The molecule has 1 atom stereocenters. The number of aliphatic hydroxyl groups is 1. The van der Waals surface area contributed by atoms with E-state index < -0.39 is 0 Å². The van der Waals surface area contributed by atoms with Gasteiger partial charge in [-0.1, -0.05) is 12.1 Å². The highest BCUT2D eigenvalue weighted by atomic mass is 16.3. The minimum absolute atomic E-state index is 0.0268. The van der Waals surface area contributed by atoms with E-state index in [1.165, 1.54) is 18.4 Å². The molecule has 0 aromatic heterocycles. The third-order valence-corrected chi connectivity index (χ3v) is 4.01. The maximum Gasteiger partial charge on any atom is 0.253 e. The van der Waals surface area contributed by atoms with E-state index in [1.807, 2.05) is 18.2 Å². The molecule has 0 spiro atoms. The zero-order valence-corrected chi connectivity index (χ0v) is 13.1. The van der Waals surface area contributed by atoms with Crippen molar-refractivity contribution in [1.29, 1.82) is 0 Å². The molecule has 2 rings (SSSR count). The molecule has 116 valence electrons. The normalized spacial score (nSPS) is 16.9. The molecule has 0 saturated carbocycles. The number of carbonyl (C=O) groups excluding carboxylic acids is 1. The van der Waals surface area contributed by atoms with Crippen LogP contribution in [0.2, 0.25) is 0 Å². The summed E-state index contributed by atoms with van der Waals surface area (Å²) in [5.74, 6) is 0.0268. The molecule has 1 heterocycles. The van der Waals surface area contributed by atoms with Gasteiger partial charge in [-0.25, -0.2) is 0 Å². The summed E-state index contributed by atoms with van der Waals surface area (Å²) in [5, 5.41) is 9.31. The first kappa shape index (κ1) is 16.0. The van der Waals surface area contributed by atoms with E-state index in [0.29, 0.717) is 13.0 Å². The first-order chi connectivity index (χ1) is 10.1. The fourth-order valence-electron chi connectivity index (χ4n) is 2.70. The van der Waals surface area contributed by atoms with Gasteiger partial charge in [-0.15, -0.1) is 0 Å². The van der Waals surface area contributed by atoms with Gasteiger partial charge in [0.25, 0.3) is 5.91 Å². The highest BCUT2D eigenvalue weighted by Crippen LogP contribution is 2.14. The summed E-state index contributed by atoms with van der Waals surface area (Å²) in [6.07, 6.45) is 2.79. The summed E-state index contributed by atoms with van der Waals surface area (Å²) in [6.45, 7) is 5.57. The van der Waals surface area contributed by atoms with Crippen LogP contribution in [-0.4, -0.2) is 53.6 Å². The molecule has 1 aliphatic rings. The molecule has 1 N–H and O–H groups in total. The van der Waals surface area contributed by atoms with Crippen LogP contribution in [-0.2, 0) is 6.54 Å². The Morgan fingerprint density at radius 3 is 2.76 bits per heavy atom. The molecule has 0 radical (unpaired) electrons. The predicted octanol–water partition coefficient (Wildman–Crippen LogP) is 2.13. The second-order valence-corrected chi connectivity index (χ2v) is 6.05. The molecule has 1 aromatic carbocycles. The van der Waals surface area contributed by atoms with Crippen LogP contribution in [0.1, 0.15) is 42.1 Å². The number of hydrogen-bond acceptors (Lipinski definition) is 3. The highest BCUT2D eigenvalue weighted by molar-refractivity contribution is 5.94. The van der Waals surface area contributed by atoms with E-state index in [4.69, 9.17) is 0 Å². The van der Waals surface area contributed by atoms with Crippen molar-refractivity contribution in [3.8, 4) is 0 Å². The molecule has 21 heavy (non-hydrogen) atoms. The van der Waals surface area contributed by atoms with Crippen LogP contribution in [0.25, 0.3) is 0 Å². The van der Waals surface area contributed by atoms with E-state index in [9.17, 15) is 9.90 Å². The quantitative estimate of drug-likeness (QED) is 0.873. The SMILES string of the molecule is CC(O)CCN(C)C(=O)c1cccc(CN2CCCC2)c1. The van der Waals surface area contributed by atoms with Gasteiger partial charge in [-0.3, -0.25) is 9.69 Å². The summed E-state index contributed by atoms with van der Waals surface area (Å²) in [4.78, 5) is 16.5. The molecular formula is C17H26N2O2. The van der Waals surface area contributed by atoms with Gasteiger partial charge in [0, 0.05) is 25.7 Å². The number of carbonyl (C=O) groups is 1. The standard InChI is InChI=1S/C17H26N2O2/c1-14(20)8-11-18(2)17(21)16-7-5-6-15(12-16)13-19-9-3-4-10-19/h5-7,12,14,20H,3-4,8-11,13H2,1-2H3. The molecule has 1 saturated heterocycles. The lowest BCUT2D eigenvalue weighted by Crippen LogP contribution is -2.29. The third-order valence-electron chi connectivity index (χ3n) is 4.01. The Morgan fingerprint density at radius 1 is 1.38 bits per heavy atom. The van der Waals surface area contributed by atoms with Crippen molar-refractivity contribution in [3.63, 3.8) is 0 Å². The lowest BCUT2D eigenvalue weighted by atomic mass is 10.1. The Bertz CT molecular complexity index is 468. The van der Waals surface area contributed by atoms with Gasteiger partial charge in [-0.05, 0) is 57.0 Å². The van der Waals surface area contributed by atoms with Crippen LogP contribution < -0.4 is 0 Å². The number of aliphatic hydroxyl groups excluding tert-OH is 1.